The van der Waals surface area contributed by atoms with E-state index in [1.807, 2.05) is 25.1 Å². The van der Waals surface area contributed by atoms with E-state index >= 15 is 0 Å². The molecule has 0 aliphatic rings. The van der Waals surface area contributed by atoms with Gasteiger partial charge in [-0.25, -0.2) is 4.98 Å². The van der Waals surface area contributed by atoms with E-state index in [0.29, 0.717) is 22.1 Å². The van der Waals surface area contributed by atoms with Crippen LogP contribution in [-0.2, 0) is 4.79 Å². The van der Waals surface area contributed by atoms with E-state index < -0.39 is 0 Å². The molecule has 0 saturated carbocycles. The van der Waals surface area contributed by atoms with Gasteiger partial charge >= 0.3 is 0 Å². The van der Waals surface area contributed by atoms with Crippen LogP contribution in [0.3, 0.4) is 0 Å². The Morgan fingerprint density at radius 2 is 1.92 bits per heavy atom. The molecule has 126 valence electrons. The number of carbonyl (C=O) groups excluding carboxylic acids is 1. The Morgan fingerprint density at radius 3 is 2.60 bits per heavy atom. The zero-order valence-electron chi connectivity index (χ0n) is 13.8. The molecule has 2 heterocycles. The summed E-state index contributed by atoms with van der Waals surface area (Å²) in [6, 6.07) is 12.3. The third-order valence-corrected chi connectivity index (χ3v) is 3.88. The molecule has 5 nitrogen and oxygen atoms in total. The van der Waals surface area contributed by atoms with E-state index in [9.17, 15) is 9.59 Å². The van der Waals surface area contributed by atoms with Crippen LogP contribution in [0.5, 0.6) is 0 Å². The molecule has 0 aliphatic carbocycles. The maximum Gasteiger partial charge on any atom is 0.258 e. The lowest BCUT2D eigenvalue weighted by molar-refractivity contribution is -0.114. The largest absolute Gasteiger partial charge is 0.326 e. The van der Waals surface area contributed by atoms with E-state index in [2.05, 4.69) is 10.3 Å². The van der Waals surface area contributed by atoms with E-state index in [4.69, 9.17) is 11.6 Å². The third kappa shape index (κ3) is 3.95. The maximum atomic E-state index is 12.3. The lowest BCUT2D eigenvalue weighted by atomic mass is 10.1. The number of fused-ring (bicyclic) bond motifs is 1. The van der Waals surface area contributed by atoms with Gasteiger partial charge in [0.2, 0.25) is 5.91 Å². The standard InChI is InChI=1S/C19H16ClN3O2/c1-12-3-8-18-22-17(10-19(25)23(18)11-12)16(20)9-14-4-6-15(7-5-14)21-13(2)24/h3-11H,1-2H3,(H,21,24). The van der Waals surface area contributed by atoms with Gasteiger partial charge in [0.05, 0.1) is 10.7 Å². The number of nitrogens with one attached hydrogen (secondary N) is 1. The minimum atomic E-state index is -0.184. The molecule has 6 heteroatoms. The van der Waals surface area contributed by atoms with Gasteiger partial charge in [0.15, 0.2) is 0 Å². The number of halogens is 1. The number of hydrogen-bond donors (Lipinski definition) is 1. The lowest BCUT2D eigenvalue weighted by Gasteiger charge is -2.05. The van der Waals surface area contributed by atoms with Crippen LogP contribution in [0.15, 0.2) is 53.5 Å². The average molecular weight is 354 g/mol. The van der Waals surface area contributed by atoms with Crippen molar-refractivity contribution < 1.29 is 4.79 Å². The first-order valence-corrected chi connectivity index (χ1v) is 8.05. The SMILES string of the molecule is CC(=O)Nc1ccc(C=C(Cl)c2cc(=O)n3cc(C)ccc3n2)cc1. The van der Waals surface area contributed by atoms with Crippen molar-refractivity contribution in [2.24, 2.45) is 0 Å². The van der Waals surface area contributed by atoms with Crippen molar-refractivity contribution in [2.75, 3.05) is 5.32 Å². The minimum Gasteiger partial charge on any atom is -0.326 e. The molecule has 3 rings (SSSR count). The summed E-state index contributed by atoms with van der Waals surface area (Å²) < 4.78 is 1.49. The van der Waals surface area contributed by atoms with Crippen molar-refractivity contribution >= 4 is 40.0 Å². The lowest BCUT2D eigenvalue weighted by Crippen LogP contribution is -2.15. The number of pyridine rings is 1. The van der Waals surface area contributed by atoms with Crippen LogP contribution in [-0.4, -0.2) is 15.3 Å². The van der Waals surface area contributed by atoms with Gasteiger partial charge in [0.1, 0.15) is 5.65 Å². The molecule has 0 unspecified atom stereocenters. The molecule has 1 amide bonds. The predicted octanol–water partition coefficient (Wildman–Crippen LogP) is 3.70. The van der Waals surface area contributed by atoms with Crippen LogP contribution in [0, 0.1) is 6.92 Å². The molecule has 1 aromatic carbocycles. The van der Waals surface area contributed by atoms with Crippen LogP contribution in [0.25, 0.3) is 16.8 Å². The summed E-state index contributed by atoms with van der Waals surface area (Å²) in [5.74, 6) is -0.127. The number of benzene rings is 1. The molecular weight excluding hydrogens is 338 g/mol. The van der Waals surface area contributed by atoms with E-state index in [1.54, 1.807) is 30.5 Å². The summed E-state index contributed by atoms with van der Waals surface area (Å²) in [7, 11) is 0. The van der Waals surface area contributed by atoms with Gasteiger partial charge in [-0.2, -0.15) is 0 Å². The highest BCUT2D eigenvalue weighted by molar-refractivity contribution is 6.51. The zero-order chi connectivity index (χ0) is 18.0. The normalized spacial score (nSPS) is 11.6. The molecule has 25 heavy (non-hydrogen) atoms. The van der Waals surface area contributed by atoms with Gasteiger partial charge in [-0.15, -0.1) is 0 Å². The molecule has 0 spiro atoms. The van der Waals surface area contributed by atoms with Gasteiger partial charge < -0.3 is 5.32 Å². The number of rotatable bonds is 3. The highest BCUT2D eigenvalue weighted by Gasteiger charge is 2.06. The summed E-state index contributed by atoms with van der Waals surface area (Å²) in [4.78, 5) is 27.7. The monoisotopic (exact) mass is 353 g/mol. The van der Waals surface area contributed by atoms with E-state index in [-0.39, 0.29) is 11.5 Å². The molecule has 0 radical (unpaired) electrons. The van der Waals surface area contributed by atoms with Crippen molar-refractivity contribution in [2.45, 2.75) is 13.8 Å². The van der Waals surface area contributed by atoms with Crippen molar-refractivity contribution in [3.8, 4) is 0 Å². The molecule has 0 atom stereocenters. The first kappa shape index (κ1) is 16.9. The van der Waals surface area contributed by atoms with Crippen molar-refractivity contribution in [3.63, 3.8) is 0 Å². The number of amides is 1. The van der Waals surface area contributed by atoms with Crippen LogP contribution in [0.4, 0.5) is 5.69 Å². The Labute approximate surface area is 149 Å². The minimum absolute atomic E-state index is 0.127. The Hall–Kier alpha value is -2.92. The highest BCUT2D eigenvalue weighted by Crippen LogP contribution is 2.21. The summed E-state index contributed by atoms with van der Waals surface area (Å²) in [5, 5.41) is 3.07. The second-order valence-electron chi connectivity index (χ2n) is 5.71. The molecule has 3 aromatic rings. The Bertz CT molecular complexity index is 1040. The number of hydrogen-bond acceptors (Lipinski definition) is 3. The Kier molecular flexibility index (Phi) is 4.67. The maximum absolute atomic E-state index is 12.3. The Balaban J connectivity index is 1.94. The molecule has 0 aliphatic heterocycles. The fourth-order valence-corrected chi connectivity index (χ4v) is 2.64. The average Bonchev–Trinajstić information content (AvgIpc) is 2.56. The first-order chi connectivity index (χ1) is 11.9. The highest BCUT2D eigenvalue weighted by atomic mass is 35.5. The molecular formula is C19H16ClN3O2. The number of carbonyl (C=O) groups is 1. The van der Waals surface area contributed by atoms with Gasteiger partial charge in [-0.3, -0.25) is 14.0 Å². The zero-order valence-corrected chi connectivity index (χ0v) is 14.5. The van der Waals surface area contributed by atoms with Crippen LogP contribution >= 0.6 is 11.6 Å². The van der Waals surface area contributed by atoms with Crippen molar-refractivity contribution in [3.05, 3.63) is 75.8 Å². The molecule has 2 aromatic heterocycles. The molecule has 0 fully saturated rings. The van der Waals surface area contributed by atoms with Gasteiger partial charge in [-0.05, 0) is 42.3 Å². The predicted molar refractivity (Wildman–Crippen MR) is 101 cm³/mol. The first-order valence-electron chi connectivity index (χ1n) is 7.68. The van der Waals surface area contributed by atoms with Crippen molar-refractivity contribution in [1.29, 1.82) is 0 Å². The topological polar surface area (TPSA) is 63.5 Å². The second-order valence-corrected chi connectivity index (χ2v) is 6.12. The second kappa shape index (κ2) is 6.91. The molecule has 1 N–H and O–H groups in total. The van der Waals surface area contributed by atoms with Gasteiger partial charge in [0.25, 0.3) is 5.56 Å². The van der Waals surface area contributed by atoms with E-state index in [1.165, 1.54) is 17.4 Å². The summed E-state index contributed by atoms with van der Waals surface area (Å²) in [6.07, 6.45) is 3.47. The smallest absolute Gasteiger partial charge is 0.258 e. The summed E-state index contributed by atoms with van der Waals surface area (Å²) in [5.41, 5.74) is 3.30. The summed E-state index contributed by atoms with van der Waals surface area (Å²) >= 11 is 6.35. The fraction of sp³-hybridized carbons (Fsp3) is 0.105. The quantitative estimate of drug-likeness (QED) is 0.781. The fourth-order valence-electron chi connectivity index (χ4n) is 2.42. The molecule has 0 bridgehead atoms. The number of aryl methyl sites for hydroxylation is 1. The van der Waals surface area contributed by atoms with E-state index in [0.717, 1.165) is 11.1 Å². The molecule has 0 saturated heterocycles. The van der Waals surface area contributed by atoms with Crippen LogP contribution in [0.1, 0.15) is 23.7 Å². The third-order valence-electron chi connectivity index (χ3n) is 3.58. The van der Waals surface area contributed by atoms with Gasteiger partial charge in [-0.1, -0.05) is 29.8 Å². The van der Waals surface area contributed by atoms with Crippen molar-refractivity contribution in [1.82, 2.24) is 9.38 Å². The number of anilines is 1. The Morgan fingerprint density at radius 1 is 1.20 bits per heavy atom. The number of nitrogens with zero attached hydrogens (tertiary/aromatic N) is 2. The van der Waals surface area contributed by atoms with Crippen LogP contribution < -0.4 is 10.9 Å². The van der Waals surface area contributed by atoms with Crippen LogP contribution in [0.2, 0.25) is 0 Å². The summed E-state index contributed by atoms with van der Waals surface area (Å²) in [6.45, 7) is 3.37. The number of aromatic nitrogens is 2. The van der Waals surface area contributed by atoms with Gasteiger partial charge in [0, 0.05) is 24.9 Å².